The molecule has 10 heteroatoms. The lowest BCUT2D eigenvalue weighted by Gasteiger charge is -2.39. The van der Waals surface area contributed by atoms with Crippen molar-refractivity contribution < 1.29 is 34.1 Å². The molecule has 2 heterocycles. The summed E-state index contributed by atoms with van der Waals surface area (Å²) in [4.78, 5) is 38.3. The molecule has 3 aromatic rings. The van der Waals surface area contributed by atoms with Crippen molar-refractivity contribution in [1.82, 2.24) is 9.80 Å². The van der Waals surface area contributed by atoms with Gasteiger partial charge in [-0.25, -0.2) is 9.59 Å². The maximum absolute atomic E-state index is 13.2. The fraction of sp³-hybridized carbons (Fsp3) is 0.364. The lowest BCUT2D eigenvalue weighted by atomic mass is 9.94. The average Bonchev–Trinajstić information content (AvgIpc) is 3.05. The van der Waals surface area contributed by atoms with Gasteiger partial charge >= 0.3 is 11.9 Å². The van der Waals surface area contributed by atoms with Crippen LogP contribution in [0.25, 0.3) is 0 Å². The molecule has 2 saturated heterocycles. The molecule has 2 N–H and O–H groups in total. The minimum Gasteiger partial charge on any atom is -0.493 e. The first-order valence-corrected chi connectivity index (χ1v) is 14.4. The summed E-state index contributed by atoms with van der Waals surface area (Å²) < 4.78 is 11.6. The van der Waals surface area contributed by atoms with E-state index in [1.807, 2.05) is 30.3 Å². The van der Waals surface area contributed by atoms with Crippen molar-refractivity contribution in [2.24, 2.45) is 5.92 Å². The van der Waals surface area contributed by atoms with Crippen LogP contribution in [0.15, 0.2) is 78.9 Å². The van der Waals surface area contributed by atoms with Crippen LogP contribution in [0.4, 0.5) is 5.69 Å². The Hall–Kier alpha value is -4.57. The van der Waals surface area contributed by atoms with E-state index >= 15 is 0 Å². The van der Waals surface area contributed by atoms with E-state index in [1.54, 1.807) is 7.11 Å². The summed E-state index contributed by atoms with van der Waals surface area (Å²) in [6.45, 7) is 6.68. The van der Waals surface area contributed by atoms with E-state index in [-0.39, 0.29) is 5.92 Å². The smallest absolute Gasteiger partial charge is 0.414 e. The minimum atomic E-state index is -1.82. The van der Waals surface area contributed by atoms with Crippen molar-refractivity contribution in [3.05, 3.63) is 90.0 Å². The minimum absolute atomic E-state index is 0.142. The van der Waals surface area contributed by atoms with E-state index in [1.165, 1.54) is 11.3 Å². The molecule has 5 rings (SSSR count). The zero-order valence-corrected chi connectivity index (χ0v) is 24.4. The van der Waals surface area contributed by atoms with Gasteiger partial charge in [-0.3, -0.25) is 9.69 Å². The first-order valence-electron chi connectivity index (χ1n) is 14.4. The standard InChI is InChI=1S/C31H37N3O3.C2H2O4/c1-36-30-22-26(12-13-29(30)37-24-25-8-4-2-5-9-25)23-32-16-14-27(15-17-32)31(35)34-20-18-33(19-21-34)28-10-6-3-7-11-28;3-1(4)2(5)6/h2-13,22,27H,14-21,23-24H2,1H3;(H,3,4)(H,5,6). The summed E-state index contributed by atoms with van der Waals surface area (Å²) in [5, 5.41) is 14.8. The molecule has 0 unspecified atom stereocenters. The van der Waals surface area contributed by atoms with Crippen molar-refractivity contribution in [2.45, 2.75) is 26.0 Å². The number of hydrogen-bond donors (Lipinski definition) is 2. The number of carboxylic acids is 2. The van der Waals surface area contributed by atoms with Crippen molar-refractivity contribution in [2.75, 3.05) is 51.3 Å². The third-order valence-electron chi connectivity index (χ3n) is 7.70. The average molecular weight is 590 g/mol. The third-order valence-corrected chi connectivity index (χ3v) is 7.70. The van der Waals surface area contributed by atoms with Gasteiger partial charge in [-0.1, -0.05) is 54.6 Å². The fourth-order valence-corrected chi connectivity index (χ4v) is 5.34. The molecule has 2 fully saturated rings. The Bertz CT molecular complexity index is 1330. The summed E-state index contributed by atoms with van der Waals surface area (Å²) in [6.07, 6.45) is 1.85. The highest BCUT2D eigenvalue weighted by Crippen LogP contribution is 2.30. The van der Waals surface area contributed by atoms with Gasteiger partial charge in [0, 0.05) is 44.3 Å². The number of nitrogens with zero attached hydrogens (tertiary/aromatic N) is 3. The van der Waals surface area contributed by atoms with Crippen LogP contribution in [0.3, 0.4) is 0 Å². The summed E-state index contributed by atoms with van der Waals surface area (Å²) >= 11 is 0. The van der Waals surface area contributed by atoms with Gasteiger partial charge in [-0.15, -0.1) is 0 Å². The molecule has 0 aromatic heterocycles. The van der Waals surface area contributed by atoms with Gasteiger partial charge in [0.2, 0.25) is 5.91 Å². The van der Waals surface area contributed by atoms with Crippen LogP contribution in [0.5, 0.6) is 11.5 Å². The second-order valence-corrected chi connectivity index (χ2v) is 10.6. The number of amides is 1. The number of aliphatic carboxylic acids is 2. The van der Waals surface area contributed by atoms with E-state index in [0.717, 1.165) is 75.7 Å². The quantitative estimate of drug-likeness (QED) is 0.376. The number of piperazine rings is 1. The molecule has 228 valence electrons. The number of anilines is 1. The van der Waals surface area contributed by atoms with Crippen LogP contribution in [0.2, 0.25) is 0 Å². The predicted molar refractivity (Wildman–Crippen MR) is 162 cm³/mol. The molecule has 10 nitrogen and oxygen atoms in total. The molecular weight excluding hydrogens is 550 g/mol. The van der Waals surface area contributed by atoms with Gasteiger partial charge in [-0.05, 0) is 61.3 Å². The number of piperidine rings is 1. The zero-order valence-electron chi connectivity index (χ0n) is 24.4. The molecular formula is C33H39N3O7. The number of benzene rings is 3. The number of ether oxygens (including phenoxy) is 2. The van der Waals surface area contributed by atoms with Gasteiger partial charge in [0.05, 0.1) is 7.11 Å². The Morgan fingerprint density at radius 1 is 0.744 bits per heavy atom. The van der Waals surface area contributed by atoms with Gasteiger partial charge in [-0.2, -0.15) is 0 Å². The number of carbonyl (C=O) groups excluding carboxylic acids is 1. The highest BCUT2D eigenvalue weighted by Gasteiger charge is 2.30. The number of carboxylic acid groups (broad SMARTS) is 2. The van der Waals surface area contributed by atoms with Crippen LogP contribution in [-0.4, -0.2) is 84.2 Å². The second-order valence-electron chi connectivity index (χ2n) is 10.6. The maximum atomic E-state index is 13.2. The Balaban J connectivity index is 0.000000641. The maximum Gasteiger partial charge on any atom is 0.414 e. The largest absolute Gasteiger partial charge is 0.493 e. The summed E-state index contributed by atoms with van der Waals surface area (Å²) in [5.74, 6) is -1.65. The van der Waals surface area contributed by atoms with Gasteiger partial charge < -0.3 is 29.5 Å². The normalized spacial score (nSPS) is 15.7. The number of likely N-dealkylation sites (tertiary alicyclic amines) is 1. The number of para-hydroxylation sites is 1. The lowest BCUT2D eigenvalue weighted by molar-refractivity contribution is -0.159. The fourth-order valence-electron chi connectivity index (χ4n) is 5.34. The Labute approximate surface area is 252 Å². The van der Waals surface area contributed by atoms with Crippen molar-refractivity contribution in [3.63, 3.8) is 0 Å². The van der Waals surface area contributed by atoms with Crippen LogP contribution < -0.4 is 14.4 Å². The van der Waals surface area contributed by atoms with Gasteiger partial charge in [0.1, 0.15) is 6.61 Å². The molecule has 43 heavy (non-hydrogen) atoms. The van der Waals surface area contributed by atoms with E-state index in [2.05, 4.69) is 63.2 Å². The topological polar surface area (TPSA) is 120 Å². The molecule has 0 aliphatic carbocycles. The summed E-state index contributed by atoms with van der Waals surface area (Å²) in [5.41, 5.74) is 3.57. The molecule has 2 aliphatic rings. The highest BCUT2D eigenvalue weighted by atomic mass is 16.5. The first kappa shape index (κ1) is 31.4. The van der Waals surface area contributed by atoms with Gasteiger partial charge in [0.25, 0.3) is 0 Å². The van der Waals surface area contributed by atoms with Crippen LogP contribution >= 0.6 is 0 Å². The number of hydrogen-bond acceptors (Lipinski definition) is 7. The van der Waals surface area contributed by atoms with E-state index in [9.17, 15) is 4.79 Å². The summed E-state index contributed by atoms with van der Waals surface area (Å²) in [6, 6.07) is 26.8. The molecule has 0 radical (unpaired) electrons. The van der Waals surface area contributed by atoms with E-state index in [4.69, 9.17) is 29.3 Å². The Morgan fingerprint density at radius 2 is 1.35 bits per heavy atom. The molecule has 0 spiro atoms. The first-order chi connectivity index (χ1) is 20.8. The third kappa shape index (κ3) is 9.21. The zero-order chi connectivity index (χ0) is 30.6. The van der Waals surface area contributed by atoms with Crippen LogP contribution in [0, 0.1) is 5.92 Å². The SMILES string of the molecule is COc1cc(CN2CCC(C(=O)N3CCN(c4ccccc4)CC3)CC2)ccc1OCc1ccccc1.O=C(O)C(=O)O. The molecule has 0 saturated carbocycles. The molecule has 1 amide bonds. The molecule has 0 atom stereocenters. The van der Waals surface area contributed by atoms with Crippen molar-refractivity contribution >= 4 is 23.5 Å². The van der Waals surface area contributed by atoms with E-state index < -0.39 is 11.9 Å². The van der Waals surface area contributed by atoms with Crippen molar-refractivity contribution in [3.8, 4) is 11.5 Å². The Morgan fingerprint density at radius 3 is 1.93 bits per heavy atom. The molecule has 2 aliphatic heterocycles. The predicted octanol–water partition coefficient (Wildman–Crippen LogP) is 3.99. The number of rotatable bonds is 8. The monoisotopic (exact) mass is 589 g/mol. The second kappa shape index (κ2) is 15.6. The molecule has 3 aromatic carbocycles. The van der Waals surface area contributed by atoms with Crippen LogP contribution in [0.1, 0.15) is 24.0 Å². The number of methoxy groups -OCH3 is 1. The highest BCUT2D eigenvalue weighted by molar-refractivity contribution is 6.27. The molecule has 0 bridgehead atoms. The lowest BCUT2D eigenvalue weighted by Crippen LogP contribution is -2.51. The van der Waals surface area contributed by atoms with Crippen molar-refractivity contribution in [1.29, 1.82) is 0 Å². The Kier molecular flexibility index (Phi) is 11.4. The van der Waals surface area contributed by atoms with Crippen LogP contribution in [-0.2, 0) is 27.5 Å². The summed E-state index contributed by atoms with van der Waals surface area (Å²) in [7, 11) is 1.69. The number of carbonyl (C=O) groups is 3. The van der Waals surface area contributed by atoms with Gasteiger partial charge in [0.15, 0.2) is 11.5 Å². The van der Waals surface area contributed by atoms with E-state index in [0.29, 0.717) is 12.5 Å².